The Morgan fingerprint density at radius 3 is 2.40 bits per heavy atom. The molecular formula is C13H22N2. The Morgan fingerprint density at radius 1 is 1.20 bits per heavy atom. The molecule has 2 nitrogen and oxygen atoms in total. The number of benzene rings is 1. The molecule has 0 atom stereocenters. The van der Waals surface area contributed by atoms with E-state index in [0.29, 0.717) is 0 Å². The van der Waals surface area contributed by atoms with Crippen LogP contribution in [0, 0.1) is 0 Å². The van der Waals surface area contributed by atoms with Crippen molar-refractivity contribution in [3.05, 3.63) is 29.8 Å². The van der Waals surface area contributed by atoms with Crippen molar-refractivity contribution in [2.24, 2.45) is 0 Å². The van der Waals surface area contributed by atoms with Crippen molar-refractivity contribution < 1.29 is 0 Å². The summed E-state index contributed by atoms with van der Waals surface area (Å²) in [4.78, 5) is 2.13. The van der Waals surface area contributed by atoms with E-state index in [1.807, 2.05) is 0 Å². The molecule has 0 amide bonds. The van der Waals surface area contributed by atoms with Crippen LogP contribution in [0.3, 0.4) is 0 Å². The Bertz CT molecular complexity index is 311. The van der Waals surface area contributed by atoms with Gasteiger partial charge in [0.25, 0.3) is 0 Å². The molecule has 1 N–H and O–H groups in total. The van der Waals surface area contributed by atoms with Crippen LogP contribution in [0.2, 0.25) is 0 Å². The van der Waals surface area contributed by atoms with Crippen LogP contribution in [-0.4, -0.2) is 19.6 Å². The molecule has 0 aliphatic carbocycles. The summed E-state index contributed by atoms with van der Waals surface area (Å²) in [6, 6.07) is 8.61. The van der Waals surface area contributed by atoms with Gasteiger partial charge in [-0.3, -0.25) is 0 Å². The van der Waals surface area contributed by atoms with Gasteiger partial charge in [0.2, 0.25) is 0 Å². The largest absolute Gasteiger partial charge is 0.378 e. The summed E-state index contributed by atoms with van der Waals surface area (Å²) in [5.41, 5.74) is 2.76. The van der Waals surface area contributed by atoms with Crippen LogP contribution in [0.5, 0.6) is 0 Å². The molecule has 0 aliphatic heterocycles. The minimum Gasteiger partial charge on any atom is -0.378 e. The quantitative estimate of drug-likeness (QED) is 0.818. The third-order valence-corrected chi connectivity index (χ3v) is 2.25. The number of anilines is 1. The van der Waals surface area contributed by atoms with Crippen molar-refractivity contribution >= 4 is 5.69 Å². The predicted octanol–water partition coefficient (Wildman–Crippen LogP) is 2.64. The van der Waals surface area contributed by atoms with Gasteiger partial charge in [0.15, 0.2) is 0 Å². The van der Waals surface area contributed by atoms with E-state index in [1.165, 1.54) is 11.3 Å². The lowest BCUT2D eigenvalue weighted by Crippen LogP contribution is -2.35. The Kier molecular flexibility index (Phi) is 3.75. The Labute approximate surface area is 93.3 Å². The normalized spacial score (nSPS) is 11.5. The molecule has 0 heterocycles. The maximum atomic E-state index is 3.49. The lowest BCUT2D eigenvalue weighted by Gasteiger charge is -2.21. The zero-order valence-corrected chi connectivity index (χ0v) is 10.5. The second-order valence-electron chi connectivity index (χ2n) is 5.17. The molecule has 0 aromatic heterocycles. The van der Waals surface area contributed by atoms with Crippen LogP contribution < -0.4 is 10.2 Å². The average molecular weight is 206 g/mol. The third-order valence-electron chi connectivity index (χ3n) is 2.25. The molecule has 1 aromatic carbocycles. The molecule has 0 unspecified atom stereocenters. The van der Waals surface area contributed by atoms with Gasteiger partial charge in [0.05, 0.1) is 0 Å². The summed E-state index contributed by atoms with van der Waals surface area (Å²) in [6.07, 6.45) is 0. The van der Waals surface area contributed by atoms with Crippen molar-refractivity contribution in [1.82, 2.24) is 5.32 Å². The molecule has 0 radical (unpaired) electrons. The molecule has 0 saturated heterocycles. The number of hydrogen-bond donors (Lipinski definition) is 1. The minimum absolute atomic E-state index is 0.175. The van der Waals surface area contributed by atoms with Gasteiger partial charge in [0, 0.05) is 31.9 Å². The van der Waals surface area contributed by atoms with E-state index in [9.17, 15) is 0 Å². The standard InChI is InChI=1S/C13H22N2/c1-13(2,3)14-10-11-7-6-8-12(9-11)15(4)5/h6-9,14H,10H2,1-5H3. The fourth-order valence-corrected chi connectivity index (χ4v) is 1.31. The van der Waals surface area contributed by atoms with Gasteiger partial charge < -0.3 is 10.2 Å². The average Bonchev–Trinajstić information content (AvgIpc) is 2.14. The van der Waals surface area contributed by atoms with Gasteiger partial charge in [-0.05, 0) is 38.5 Å². The molecule has 0 fully saturated rings. The zero-order chi connectivity index (χ0) is 11.5. The third kappa shape index (κ3) is 4.34. The molecule has 15 heavy (non-hydrogen) atoms. The van der Waals surface area contributed by atoms with Crippen molar-refractivity contribution in [1.29, 1.82) is 0 Å². The Balaban J connectivity index is 2.66. The molecular weight excluding hydrogens is 184 g/mol. The van der Waals surface area contributed by atoms with Gasteiger partial charge >= 0.3 is 0 Å². The first-order chi connectivity index (χ1) is 6.88. The van der Waals surface area contributed by atoms with Crippen LogP contribution >= 0.6 is 0 Å². The van der Waals surface area contributed by atoms with Crippen LogP contribution in [0.1, 0.15) is 26.3 Å². The SMILES string of the molecule is CN(C)c1cccc(CNC(C)(C)C)c1. The van der Waals surface area contributed by atoms with E-state index in [-0.39, 0.29) is 5.54 Å². The van der Waals surface area contributed by atoms with E-state index in [0.717, 1.165) is 6.54 Å². The maximum Gasteiger partial charge on any atom is 0.0364 e. The number of rotatable bonds is 3. The molecule has 0 aliphatic rings. The first-order valence-electron chi connectivity index (χ1n) is 5.40. The predicted molar refractivity (Wildman–Crippen MR) is 67.4 cm³/mol. The van der Waals surface area contributed by atoms with Crippen molar-refractivity contribution in [2.45, 2.75) is 32.9 Å². The van der Waals surface area contributed by atoms with Gasteiger partial charge in [-0.2, -0.15) is 0 Å². The maximum absolute atomic E-state index is 3.49. The fraction of sp³-hybridized carbons (Fsp3) is 0.538. The molecule has 0 spiro atoms. The lowest BCUT2D eigenvalue weighted by atomic mass is 10.1. The van der Waals surface area contributed by atoms with Crippen LogP contribution in [0.15, 0.2) is 24.3 Å². The number of hydrogen-bond acceptors (Lipinski definition) is 2. The molecule has 2 heteroatoms. The van der Waals surface area contributed by atoms with Gasteiger partial charge in [-0.15, -0.1) is 0 Å². The van der Waals surface area contributed by atoms with E-state index < -0.39 is 0 Å². The van der Waals surface area contributed by atoms with Gasteiger partial charge in [-0.1, -0.05) is 12.1 Å². The van der Waals surface area contributed by atoms with Gasteiger partial charge in [0.1, 0.15) is 0 Å². The monoisotopic (exact) mass is 206 g/mol. The molecule has 84 valence electrons. The second-order valence-corrected chi connectivity index (χ2v) is 5.17. The van der Waals surface area contributed by atoms with E-state index in [2.05, 4.69) is 69.3 Å². The summed E-state index contributed by atoms with van der Waals surface area (Å²) < 4.78 is 0. The van der Waals surface area contributed by atoms with E-state index in [4.69, 9.17) is 0 Å². The van der Waals surface area contributed by atoms with E-state index >= 15 is 0 Å². The van der Waals surface area contributed by atoms with Crippen molar-refractivity contribution in [3.8, 4) is 0 Å². The van der Waals surface area contributed by atoms with Crippen molar-refractivity contribution in [2.75, 3.05) is 19.0 Å². The summed E-state index contributed by atoms with van der Waals surface area (Å²) >= 11 is 0. The Hall–Kier alpha value is -1.02. The minimum atomic E-state index is 0.175. The topological polar surface area (TPSA) is 15.3 Å². The highest BCUT2D eigenvalue weighted by molar-refractivity contribution is 5.47. The molecule has 0 bridgehead atoms. The number of nitrogens with one attached hydrogen (secondary N) is 1. The molecule has 1 rings (SSSR count). The summed E-state index contributed by atoms with van der Waals surface area (Å²) in [7, 11) is 4.13. The Morgan fingerprint density at radius 2 is 1.87 bits per heavy atom. The lowest BCUT2D eigenvalue weighted by molar-refractivity contribution is 0.424. The smallest absolute Gasteiger partial charge is 0.0364 e. The van der Waals surface area contributed by atoms with Crippen molar-refractivity contribution in [3.63, 3.8) is 0 Å². The fourth-order valence-electron chi connectivity index (χ4n) is 1.31. The highest BCUT2D eigenvalue weighted by Crippen LogP contribution is 2.13. The summed E-state index contributed by atoms with van der Waals surface area (Å²) in [5.74, 6) is 0. The summed E-state index contributed by atoms with van der Waals surface area (Å²) in [6.45, 7) is 7.47. The summed E-state index contributed by atoms with van der Waals surface area (Å²) in [5, 5.41) is 3.49. The highest BCUT2D eigenvalue weighted by atomic mass is 15.1. The van der Waals surface area contributed by atoms with Crippen LogP contribution in [0.25, 0.3) is 0 Å². The number of nitrogens with zero attached hydrogens (tertiary/aromatic N) is 1. The first kappa shape index (κ1) is 12.1. The molecule has 1 aromatic rings. The second kappa shape index (κ2) is 4.67. The first-order valence-corrected chi connectivity index (χ1v) is 5.40. The van der Waals surface area contributed by atoms with Crippen LogP contribution in [-0.2, 0) is 6.54 Å². The zero-order valence-electron chi connectivity index (χ0n) is 10.5. The molecule has 0 saturated carbocycles. The van der Waals surface area contributed by atoms with E-state index in [1.54, 1.807) is 0 Å². The highest BCUT2D eigenvalue weighted by Gasteiger charge is 2.08. The van der Waals surface area contributed by atoms with Crippen LogP contribution in [0.4, 0.5) is 5.69 Å². The van der Waals surface area contributed by atoms with Gasteiger partial charge in [-0.25, -0.2) is 0 Å².